The van der Waals surface area contributed by atoms with Gasteiger partial charge >= 0.3 is 6.18 Å². The molecule has 136 valence electrons. The number of imidazole rings is 1. The summed E-state index contributed by atoms with van der Waals surface area (Å²) in [6.07, 6.45) is -0.108. The molecule has 4 nitrogen and oxygen atoms in total. The number of hydrogen-bond donors (Lipinski definition) is 0. The number of alkyl halides is 3. The topological polar surface area (TPSA) is 51.4 Å². The van der Waals surface area contributed by atoms with Crippen molar-refractivity contribution in [3.05, 3.63) is 66.1 Å². The average Bonchev–Trinajstić information content (AvgIpc) is 2.96. The van der Waals surface area contributed by atoms with Gasteiger partial charge in [-0.1, -0.05) is 12.1 Å². The van der Waals surface area contributed by atoms with Gasteiger partial charge in [-0.25, -0.2) is 13.4 Å². The van der Waals surface area contributed by atoms with Crippen LogP contribution in [0.1, 0.15) is 30.0 Å². The summed E-state index contributed by atoms with van der Waals surface area (Å²) in [7, 11) is -3.79. The molecular weight excluding hydrogens is 365 g/mol. The SMILES string of the molecule is O=S(=O)(c1cccc(C(F)(F)F)c1)C1CC(c2cn3ccccc3n2)C1. The highest BCUT2D eigenvalue weighted by molar-refractivity contribution is 7.92. The van der Waals surface area contributed by atoms with E-state index < -0.39 is 26.8 Å². The summed E-state index contributed by atoms with van der Waals surface area (Å²) >= 11 is 0. The molecular formula is C18H15F3N2O2S. The first-order valence-corrected chi connectivity index (χ1v) is 9.64. The summed E-state index contributed by atoms with van der Waals surface area (Å²) in [4.78, 5) is 4.22. The van der Waals surface area contributed by atoms with Crippen LogP contribution >= 0.6 is 0 Å². The standard InChI is InChI=1S/C18H15F3N2O2S/c19-18(20,21)13-4-3-5-14(10-13)26(24,25)15-8-12(9-15)16-11-23-7-2-1-6-17(23)22-16/h1-7,10-12,15H,8-9H2. The van der Waals surface area contributed by atoms with Crippen molar-refractivity contribution in [1.82, 2.24) is 9.38 Å². The van der Waals surface area contributed by atoms with Gasteiger partial charge in [0.2, 0.25) is 0 Å². The number of pyridine rings is 1. The van der Waals surface area contributed by atoms with Crippen molar-refractivity contribution >= 4 is 15.5 Å². The van der Waals surface area contributed by atoms with Crippen LogP contribution in [0.2, 0.25) is 0 Å². The molecule has 0 N–H and O–H groups in total. The fraction of sp³-hybridized carbons (Fsp3) is 0.278. The van der Waals surface area contributed by atoms with Crippen LogP contribution in [0, 0.1) is 0 Å². The first-order chi connectivity index (χ1) is 12.2. The highest BCUT2D eigenvalue weighted by Crippen LogP contribution is 2.43. The van der Waals surface area contributed by atoms with Crippen LogP contribution in [0.25, 0.3) is 5.65 Å². The quantitative estimate of drug-likeness (QED) is 0.688. The molecule has 0 unspecified atom stereocenters. The number of benzene rings is 1. The molecule has 8 heteroatoms. The van der Waals surface area contributed by atoms with Crippen LogP contribution in [-0.2, 0) is 16.0 Å². The molecule has 4 rings (SSSR count). The highest BCUT2D eigenvalue weighted by Gasteiger charge is 2.42. The summed E-state index contributed by atoms with van der Waals surface area (Å²) in [5.74, 6) is 0.000439. The van der Waals surface area contributed by atoms with Crippen molar-refractivity contribution < 1.29 is 21.6 Å². The van der Waals surface area contributed by atoms with E-state index in [9.17, 15) is 21.6 Å². The van der Waals surface area contributed by atoms with E-state index in [1.807, 2.05) is 35.0 Å². The Bertz CT molecular complexity index is 1030. The van der Waals surface area contributed by atoms with Crippen molar-refractivity contribution in [2.24, 2.45) is 0 Å². The number of fused-ring (bicyclic) bond motifs is 1. The molecule has 26 heavy (non-hydrogen) atoms. The number of halogens is 3. The summed E-state index contributed by atoms with van der Waals surface area (Å²) in [6.45, 7) is 0. The fourth-order valence-electron chi connectivity index (χ4n) is 3.25. The van der Waals surface area contributed by atoms with Crippen molar-refractivity contribution in [2.75, 3.05) is 0 Å². The fourth-order valence-corrected chi connectivity index (χ4v) is 5.17. The monoisotopic (exact) mass is 380 g/mol. The summed E-state index contributed by atoms with van der Waals surface area (Å²) < 4.78 is 65.7. The lowest BCUT2D eigenvalue weighted by Crippen LogP contribution is -2.35. The van der Waals surface area contributed by atoms with Crippen LogP contribution in [0.4, 0.5) is 13.2 Å². The Kier molecular flexibility index (Phi) is 3.83. The zero-order valence-corrected chi connectivity index (χ0v) is 14.3. The number of rotatable bonds is 3. The van der Waals surface area contributed by atoms with E-state index in [4.69, 9.17) is 0 Å². The first-order valence-electron chi connectivity index (χ1n) is 8.10. The van der Waals surface area contributed by atoms with E-state index in [1.165, 1.54) is 6.07 Å². The lowest BCUT2D eigenvalue weighted by Gasteiger charge is -2.33. The predicted molar refractivity (Wildman–Crippen MR) is 89.6 cm³/mol. The third kappa shape index (κ3) is 2.88. The molecule has 0 amide bonds. The zero-order valence-electron chi connectivity index (χ0n) is 13.5. The van der Waals surface area contributed by atoms with Gasteiger partial charge in [-0.15, -0.1) is 0 Å². The minimum absolute atomic E-state index is 0.000439. The number of aromatic nitrogens is 2. The van der Waals surface area contributed by atoms with Crippen LogP contribution < -0.4 is 0 Å². The second-order valence-corrected chi connectivity index (χ2v) is 8.72. The Labute approximate surface area is 148 Å². The predicted octanol–water partition coefficient (Wildman–Crippen LogP) is 4.07. The van der Waals surface area contributed by atoms with Crippen LogP contribution in [0.3, 0.4) is 0 Å². The molecule has 0 bridgehead atoms. The Morgan fingerprint density at radius 2 is 1.85 bits per heavy atom. The third-order valence-corrected chi connectivity index (χ3v) is 7.00. The van der Waals surface area contributed by atoms with Crippen LogP contribution in [0.5, 0.6) is 0 Å². The van der Waals surface area contributed by atoms with E-state index in [2.05, 4.69) is 4.98 Å². The molecule has 0 atom stereocenters. The Morgan fingerprint density at radius 1 is 1.08 bits per heavy atom. The minimum Gasteiger partial charge on any atom is -0.307 e. The van der Waals surface area contributed by atoms with Crippen molar-refractivity contribution in [2.45, 2.75) is 35.1 Å². The van der Waals surface area contributed by atoms with Gasteiger partial charge in [0, 0.05) is 18.3 Å². The molecule has 0 aliphatic heterocycles. The van der Waals surface area contributed by atoms with E-state index in [-0.39, 0.29) is 10.8 Å². The molecule has 1 saturated carbocycles. The molecule has 1 aliphatic rings. The Hall–Kier alpha value is -2.35. The number of sulfone groups is 1. The van der Waals surface area contributed by atoms with Gasteiger partial charge in [-0.05, 0) is 43.2 Å². The molecule has 3 aromatic rings. The van der Waals surface area contributed by atoms with Gasteiger partial charge in [-0.2, -0.15) is 13.2 Å². The van der Waals surface area contributed by atoms with Crippen molar-refractivity contribution in [3.8, 4) is 0 Å². The highest BCUT2D eigenvalue weighted by atomic mass is 32.2. The average molecular weight is 380 g/mol. The Balaban J connectivity index is 1.54. The van der Waals surface area contributed by atoms with Gasteiger partial charge < -0.3 is 4.40 Å². The molecule has 1 fully saturated rings. The molecule has 2 aromatic heterocycles. The number of nitrogens with zero attached hydrogens (tertiary/aromatic N) is 2. The molecule has 1 aliphatic carbocycles. The van der Waals surface area contributed by atoms with Gasteiger partial charge in [0.1, 0.15) is 5.65 Å². The Morgan fingerprint density at radius 3 is 2.54 bits per heavy atom. The summed E-state index contributed by atoms with van der Waals surface area (Å²) in [5, 5.41) is -0.680. The van der Waals surface area contributed by atoms with Gasteiger partial charge in [0.15, 0.2) is 9.84 Å². The van der Waals surface area contributed by atoms with Crippen LogP contribution in [-0.4, -0.2) is 23.1 Å². The maximum absolute atomic E-state index is 12.8. The molecule has 1 aromatic carbocycles. The van der Waals surface area contributed by atoms with Gasteiger partial charge in [-0.3, -0.25) is 0 Å². The van der Waals surface area contributed by atoms with Gasteiger partial charge in [0.05, 0.1) is 21.4 Å². The smallest absolute Gasteiger partial charge is 0.307 e. The van der Waals surface area contributed by atoms with Crippen molar-refractivity contribution in [3.63, 3.8) is 0 Å². The largest absolute Gasteiger partial charge is 0.416 e. The van der Waals surface area contributed by atoms with E-state index in [1.54, 1.807) is 0 Å². The molecule has 2 heterocycles. The zero-order chi connectivity index (χ0) is 18.5. The normalized spacial score (nSPS) is 20.9. The summed E-state index contributed by atoms with van der Waals surface area (Å²) in [6, 6.07) is 9.55. The molecule has 0 radical (unpaired) electrons. The second-order valence-electron chi connectivity index (χ2n) is 6.49. The minimum atomic E-state index is -4.57. The maximum atomic E-state index is 12.8. The van der Waals surface area contributed by atoms with E-state index in [0.717, 1.165) is 23.5 Å². The third-order valence-electron chi connectivity index (χ3n) is 4.82. The van der Waals surface area contributed by atoms with Crippen molar-refractivity contribution in [1.29, 1.82) is 0 Å². The number of hydrogen-bond acceptors (Lipinski definition) is 3. The first kappa shape index (κ1) is 17.1. The second kappa shape index (κ2) is 5.84. The van der Waals surface area contributed by atoms with Crippen LogP contribution in [0.15, 0.2) is 59.8 Å². The van der Waals surface area contributed by atoms with E-state index in [0.29, 0.717) is 18.9 Å². The van der Waals surface area contributed by atoms with Gasteiger partial charge in [0.25, 0.3) is 0 Å². The lowest BCUT2D eigenvalue weighted by molar-refractivity contribution is -0.137. The van der Waals surface area contributed by atoms with E-state index >= 15 is 0 Å². The maximum Gasteiger partial charge on any atom is 0.416 e. The summed E-state index contributed by atoms with van der Waals surface area (Å²) in [5.41, 5.74) is 0.646. The molecule has 0 saturated heterocycles. The molecule has 0 spiro atoms. The lowest BCUT2D eigenvalue weighted by atomic mass is 9.82.